The molecule has 5 rings (SSSR count). The number of halogens is 1. The number of aromatic nitrogens is 1. The molecule has 33 heavy (non-hydrogen) atoms. The van der Waals surface area contributed by atoms with Gasteiger partial charge in [-0.1, -0.05) is 41.9 Å². The van der Waals surface area contributed by atoms with E-state index >= 15 is 0 Å². The van der Waals surface area contributed by atoms with E-state index in [1.807, 2.05) is 55.3 Å². The van der Waals surface area contributed by atoms with Gasteiger partial charge < -0.3 is 10.2 Å². The molecule has 2 aromatic heterocycles. The summed E-state index contributed by atoms with van der Waals surface area (Å²) in [5, 5.41) is 5.33. The highest BCUT2D eigenvalue weighted by atomic mass is 35.5. The molecule has 0 spiro atoms. The molecular formula is C26H28ClN3OS2. The van der Waals surface area contributed by atoms with Crippen LogP contribution in [0.1, 0.15) is 47.3 Å². The molecule has 172 valence electrons. The molecule has 3 aromatic rings. The number of thiophene rings is 1. The molecule has 1 saturated carbocycles. The number of hydrogen-bond donors (Lipinski definition) is 1. The highest BCUT2D eigenvalue weighted by Crippen LogP contribution is 2.41. The van der Waals surface area contributed by atoms with Gasteiger partial charge in [0.05, 0.1) is 5.02 Å². The second-order valence-corrected chi connectivity index (χ2v) is 11.6. The summed E-state index contributed by atoms with van der Waals surface area (Å²) < 4.78 is 1.07. The van der Waals surface area contributed by atoms with Crippen molar-refractivity contribution in [1.29, 1.82) is 0 Å². The molecule has 2 aliphatic rings. The zero-order chi connectivity index (χ0) is 22.8. The first-order valence-corrected chi connectivity index (χ1v) is 13.6. The van der Waals surface area contributed by atoms with E-state index in [2.05, 4.69) is 27.3 Å². The molecule has 1 atom stereocenters. The van der Waals surface area contributed by atoms with Crippen molar-refractivity contribution in [2.75, 3.05) is 13.6 Å². The van der Waals surface area contributed by atoms with E-state index < -0.39 is 0 Å². The van der Waals surface area contributed by atoms with Gasteiger partial charge in [0.15, 0.2) is 0 Å². The van der Waals surface area contributed by atoms with Crippen molar-refractivity contribution in [2.24, 2.45) is 0 Å². The number of amides is 1. The molecule has 1 aromatic carbocycles. The Balaban J connectivity index is 1.38. The van der Waals surface area contributed by atoms with Gasteiger partial charge in [0.25, 0.3) is 5.91 Å². The van der Waals surface area contributed by atoms with Crippen LogP contribution < -0.4 is 5.32 Å². The number of carbonyl (C=O) groups is 1. The molecule has 1 N–H and O–H groups in total. The average molecular weight is 498 g/mol. The lowest BCUT2D eigenvalue weighted by Gasteiger charge is -2.38. The number of nitrogens with zero attached hydrogens (tertiary/aromatic N) is 2. The molecule has 3 heterocycles. The maximum Gasteiger partial charge on any atom is 0.265 e. The number of allylic oxidation sites excluding steroid dienone is 1. The molecule has 1 fully saturated rings. The standard InChI is InChI=1S/C26H28ClN3OS2/c1-28-18-8-10-19(11-9-18)30(16-20-12-13-22(32-20)17-5-4-14-29-15-17)26(31)25-24(27)21-6-2-3-7-23(21)33-25/h2-7,13-15,18-20,28H,8-12,16H2,1H3. The summed E-state index contributed by atoms with van der Waals surface area (Å²) in [6, 6.07) is 12.9. The number of fused-ring (bicyclic) bond motifs is 1. The highest BCUT2D eigenvalue weighted by molar-refractivity contribution is 8.09. The van der Waals surface area contributed by atoms with Crippen molar-refractivity contribution in [3.05, 3.63) is 70.3 Å². The number of benzene rings is 1. The number of hydrogen-bond acceptors (Lipinski definition) is 5. The Morgan fingerprint density at radius 3 is 2.73 bits per heavy atom. The molecule has 1 aliphatic heterocycles. The van der Waals surface area contributed by atoms with E-state index in [1.165, 1.54) is 16.2 Å². The third kappa shape index (κ3) is 4.85. The molecule has 1 amide bonds. The quantitative estimate of drug-likeness (QED) is 0.424. The lowest BCUT2D eigenvalue weighted by molar-refractivity contribution is 0.0628. The van der Waals surface area contributed by atoms with Crippen molar-refractivity contribution in [1.82, 2.24) is 15.2 Å². The molecule has 0 bridgehead atoms. The third-order valence-corrected chi connectivity index (χ3v) is 9.74. The van der Waals surface area contributed by atoms with Gasteiger partial charge in [-0.25, -0.2) is 0 Å². The van der Waals surface area contributed by atoms with Crippen LogP contribution in [-0.2, 0) is 0 Å². The Morgan fingerprint density at radius 2 is 2.00 bits per heavy atom. The van der Waals surface area contributed by atoms with E-state index in [0.717, 1.165) is 54.3 Å². The summed E-state index contributed by atoms with van der Waals surface area (Å²) in [4.78, 5) is 22.3. The zero-order valence-electron chi connectivity index (χ0n) is 18.7. The highest BCUT2D eigenvalue weighted by Gasteiger charge is 2.34. The lowest BCUT2D eigenvalue weighted by atomic mass is 9.90. The largest absolute Gasteiger partial charge is 0.334 e. The maximum atomic E-state index is 13.9. The summed E-state index contributed by atoms with van der Waals surface area (Å²) in [6.07, 6.45) is 11.2. The smallest absolute Gasteiger partial charge is 0.265 e. The lowest BCUT2D eigenvalue weighted by Crippen LogP contribution is -2.47. The van der Waals surface area contributed by atoms with Crippen LogP contribution in [0, 0.1) is 0 Å². The first-order chi connectivity index (χ1) is 16.1. The monoisotopic (exact) mass is 497 g/mol. The van der Waals surface area contributed by atoms with E-state index in [0.29, 0.717) is 21.2 Å². The minimum atomic E-state index is 0.0875. The minimum absolute atomic E-state index is 0.0875. The summed E-state index contributed by atoms with van der Waals surface area (Å²) in [7, 11) is 2.03. The number of rotatable bonds is 6. The van der Waals surface area contributed by atoms with E-state index in [-0.39, 0.29) is 11.9 Å². The maximum absolute atomic E-state index is 13.9. The van der Waals surface area contributed by atoms with Crippen LogP contribution in [0.3, 0.4) is 0 Å². The fourth-order valence-electron chi connectivity index (χ4n) is 4.90. The predicted molar refractivity (Wildman–Crippen MR) is 141 cm³/mol. The molecule has 7 heteroatoms. The normalized spacial score (nSPS) is 23.0. The minimum Gasteiger partial charge on any atom is -0.334 e. The van der Waals surface area contributed by atoms with Gasteiger partial charge in [0, 0.05) is 56.8 Å². The predicted octanol–water partition coefficient (Wildman–Crippen LogP) is 6.47. The number of carbonyl (C=O) groups excluding carboxylic acids is 1. The molecule has 4 nitrogen and oxygen atoms in total. The second-order valence-electron chi connectivity index (χ2n) is 8.78. The SMILES string of the molecule is CNC1CCC(N(CC2CC=C(c3cccnc3)S2)C(=O)c2sc3ccccc3c2Cl)CC1. The van der Waals surface area contributed by atoms with Crippen molar-refractivity contribution in [3.8, 4) is 0 Å². The van der Waals surface area contributed by atoms with Crippen molar-refractivity contribution < 1.29 is 4.79 Å². The number of thioether (sulfide) groups is 1. The Hall–Kier alpha value is -1.86. The van der Waals surface area contributed by atoms with Gasteiger partial charge >= 0.3 is 0 Å². The molecule has 1 aliphatic carbocycles. The topological polar surface area (TPSA) is 45.2 Å². The van der Waals surface area contributed by atoms with Crippen LogP contribution in [0.2, 0.25) is 5.02 Å². The average Bonchev–Trinajstić information content (AvgIpc) is 3.48. The van der Waals surface area contributed by atoms with Crippen LogP contribution in [0.25, 0.3) is 15.0 Å². The molecule has 0 radical (unpaired) electrons. The van der Waals surface area contributed by atoms with Crippen molar-refractivity contribution in [3.63, 3.8) is 0 Å². The van der Waals surface area contributed by atoms with Crippen LogP contribution in [-0.4, -0.2) is 46.7 Å². The summed E-state index contributed by atoms with van der Waals surface area (Å²) in [5.74, 6) is 0.0875. The van der Waals surface area contributed by atoms with Gasteiger partial charge in [-0.3, -0.25) is 9.78 Å². The van der Waals surface area contributed by atoms with Crippen LogP contribution in [0.4, 0.5) is 0 Å². The fraction of sp³-hybridized carbons (Fsp3) is 0.385. The van der Waals surface area contributed by atoms with Gasteiger partial charge in [-0.15, -0.1) is 23.1 Å². The van der Waals surface area contributed by atoms with Crippen LogP contribution >= 0.6 is 34.7 Å². The van der Waals surface area contributed by atoms with Gasteiger partial charge in [-0.2, -0.15) is 0 Å². The first-order valence-electron chi connectivity index (χ1n) is 11.6. The number of nitrogens with one attached hydrogen (secondary N) is 1. The first kappa shape index (κ1) is 22.9. The Morgan fingerprint density at radius 1 is 1.18 bits per heavy atom. The molecule has 0 saturated heterocycles. The summed E-state index contributed by atoms with van der Waals surface area (Å²) >= 11 is 10.1. The van der Waals surface area contributed by atoms with E-state index in [1.54, 1.807) is 6.20 Å². The van der Waals surface area contributed by atoms with Crippen LogP contribution in [0.15, 0.2) is 54.9 Å². The molecule has 1 unspecified atom stereocenters. The Bertz CT molecular complexity index is 1150. The summed E-state index contributed by atoms with van der Waals surface area (Å²) in [5.41, 5.74) is 1.16. The third-order valence-electron chi connectivity index (χ3n) is 6.74. The summed E-state index contributed by atoms with van der Waals surface area (Å²) in [6.45, 7) is 0.739. The van der Waals surface area contributed by atoms with Gasteiger partial charge in [-0.05, 0) is 51.3 Å². The van der Waals surface area contributed by atoms with Crippen molar-refractivity contribution >= 4 is 55.6 Å². The zero-order valence-corrected chi connectivity index (χ0v) is 21.1. The van der Waals surface area contributed by atoms with E-state index in [9.17, 15) is 4.79 Å². The Labute approximate surface area is 208 Å². The molecular weight excluding hydrogens is 470 g/mol. The fourth-order valence-corrected chi connectivity index (χ4v) is 7.60. The van der Waals surface area contributed by atoms with Crippen molar-refractivity contribution in [2.45, 2.75) is 49.4 Å². The van der Waals surface area contributed by atoms with Crippen LogP contribution in [0.5, 0.6) is 0 Å². The van der Waals surface area contributed by atoms with Gasteiger partial charge in [0.2, 0.25) is 0 Å². The Kier molecular flexibility index (Phi) is 7.07. The van der Waals surface area contributed by atoms with E-state index in [4.69, 9.17) is 11.6 Å². The second kappa shape index (κ2) is 10.2. The number of pyridine rings is 1. The van der Waals surface area contributed by atoms with Gasteiger partial charge in [0.1, 0.15) is 4.88 Å².